The average molecular weight is 351 g/mol. The number of aliphatic hydroxyl groups excluding tert-OH is 1. The van der Waals surface area contributed by atoms with Gasteiger partial charge in [0.05, 0.1) is 5.94 Å². The summed E-state index contributed by atoms with van der Waals surface area (Å²) in [4.78, 5) is 11.4. The van der Waals surface area contributed by atoms with Gasteiger partial charge in [-0.15, -0.1) is 35.3 Å². The fourth-order valence-corrected chi connectivity index (χ4v) is 6.41. The van der Waals surface area contributed by atoms with Crippen molar-refractivity contribution < 1.29 is 9.90 Å². The minimum Gasteiger partial charge on any atom is -0.386 e. The van der Waals surface area contributed by atoms with Crippen LogP contribution in [0.4, 0.5) is 0 Å². The van der Waals surface area contributed by atoms with Gasteiger partial charge in [-0.2, -0.15) is 23.5 Å². The Hall–Kier alpha value is 1.73. The van der Waals surface area contributed by atoms with Crippen molar-refractivity contribution in [2.75, 3.05) is 38.3 Å². The molecule has 0 rings (SSSR count). The second-order valence-corrected chi connectivity index (χ2v) is 10.1. The van der Waals surface area contributed by atoms with Gasteiger partial charge in [-0.25, -0.2) is 0 Å². The molecule has 0 fully saturated rings. The third-order valence-corrected chi connectivity index (χ3v) is 8.00. The molecule has 0 aromatic heterocycles. The largest absolute Gasteiger partial charge is 0.386 e. The molecule has 0 aliphatic carbocycles. The summed E-state index contributed by atoms with van der Waals surface area (Å²) >= 11 is 10.2. The average Bonchev–Trinajstić information content (AvgIpc) is 2.33. The van der Waals surface area contributed by atoms with Crippen LogP contribution in [-0.2, 0) is 4.79 Å². The molecule has 0 atom stereocenters. The van der Waals surface area contributed by atoms with Crippen molar-refractivity contribution >= 4 is 75.7 Å². The predicted molar refractivity (Wildman–Crippen MR) is 92.5 cm³/mol. The van der Waals surface area contributed by atoms with E-state index < -0.39 is 0 Å². The van der Waals surface area contributed by atoms with Crippen molar-refractivity contribution in [3.8, 4) is 0 Å². The summed E-state index contributed by atoms with van der Waals surface area (Å²) in [5.74, 6) is 1.10. The van der Waals surface area contributed by atoms with Crippen LogP contribution in [0, 0.1) is 0 Å². The van der Waals surface area contributed by atoms with Gasteiger partial charge >= 0.3 is 0 Å². The Kier molecular flexibility index (Phi) is 17.4. The summed E-state index contributed by atoms with van der Waals surface area (Å²) < 4.78 is 0. The van der Waals surface area contributed by atoms with Crippen molar-refractivity contribution in [2.24, 2.45) is 0 Å². The minimum atomic E-state index is 0.163. The molecule has 0 unspecified atom stereocenters. The normalized spacial score (nSPS) is 10.7. The number of thioether (sulfide) groups is 6. The van der Waals surface area contributed by atoms with Crippen molar-refractivity contribution in [1.29, 1.82) is 0 Å². The van der Waals surface area contributed by atoms with Crippen molar-refractivity contribution in [3.63, 3.8) is 0 Å². The SMILES string of the molecule is CSCSCSCCC(=O)SCSCSCO. The van der Waals surface area contributed by atoms with Crippen LogP contribution in [0.2, 0.25) is 0 Å². The maximum absolute atomic E-state index is 11.4. The highest BCUT2D eigenvalue weighted by Gasteiger charge is 2.02. The summed E-state index contributed by atoms with van der Waals surface area (Å²) in [5, 5.41) is 12.7. The van der Waals surface area contributed by atoms with Gasteiger partial charge in [0.2, 0.25) is 0 Å². The van der Waals surface area contributed by atoms with Gasteiger partial charge in [0.25, 0.3) is 0 Å². The molecule has 2 nitrogen and oxygen atoms in total. The zero-order chi connectivity index (χ0) is 12.8. The van der Waals surface area contributed by atoms with Crippen LogP contribution < -0.4 is 0 Å². The van der Waals surface area contributed by atoms with Gasteiger partial charge in [-0.3, -0.25) is 4.79 Å². The second-order valence-electron chi connectivity index (χ2n) is 2.68. The summed E-state index contributed by atoms with van der Waals surface area (Å²) in [5.41, 5.74) is 0. The van der Waals surface area contributed by atoms with Crippen LogP contribution in [-0.4, -0.2) is 48.5 Å². The summed E-state index contributed by atoms with van der Waals surface area (Å²) in [6.45, 7) is 0. The Morgan fingerprint density at radius 3 is 2.41 bits per heavy atom. The first-order valence-electron chi connectivity index (χ1n) is 4.87. The molecule has 0 saturated heterocycles. The molecule has 0 amide bonds. The van der Waals surface area contributed by atoms with Crippen molar-refractivity contribution in [3.05, 3.63) is 0 Å². The highest BCUT2D eigenvalue weighted by molar-refractivity contribution is 8.27. The van der Waals surface area contributed by atoms with Crippen LogP contribution in [0.15, 0.2) is 0 Å². The van der Waals surface area contributed by atoms with E-state index >= 15 is 0 Å². The molecule has 0 radical (unpaired) electrons. The zero-order valence-electron chi connectivity index (χ0n) is 9.75. The maximum atomic E-state index is 11.4. The topological polar surface area (TPSA) is 37.3 Å². The molecule has 102 valence electrons. The molecule has 0 aromatic rings. The number of aliphatic hydroxyl groups is 1. The van der Waals surface area contributed by atoms with Crippen LogP contribution in [0.1, 0.15) is 6.42 Å². The quantitative estimate of drug-likeness (QED) is 0.422. The van der Waals surface area contributed by atoms with Gasteiger partial charge in [0.15, 0.2) is 5.12 Å². The lowest BCUT2D eigenvalue weighted by Gasteiger charge is -2.01. The van der Waals surface area contributed by atoms with Crippen LogP contribution in [0.25, 0.3) is 0 Å². The van der Waals surface area contributed by atoms with Gasteiger partial charge < -0.3 is 5.11 Å². The van der Waals surface area contributed by atoms with E-state index in [-0.39, 0.29) is 11.1 Å². The van der Waals surface area contributed by atoms with E-state index in [0.29, 0.717) is 6.42 Å². The van der Waals surface area contributed by atoms with Crippen LogP contribution in [0.5, 0.6) is 0 Å². The lowest BCUT2D eigenvalue weighted by atomic mass is 10.5. The van der Waals surface area contributed by atoms with Gasteiger partial charge in [-0.1, -0.05) is 11.8 Å². The van der Waals surface area contributed by atoms with E-state index in [2.05, 4.69) is 6.26 Å². The molecule has 0 heterocycles. The molecule has 0 aromatic carbocycles. The Balaban J connectivity index is 3.12. The number of carbonyl (C=O) groups is 1. The second kappa shape index (κ2) is 15.8. The number of hydrogen-bond donors (Lipinski definition) is 1. The zero-order valence-corrected chi connectivity index (χ0v) is 14.7. The summed E-state index contributed by atoms with van der Waals surface area (Å²) in [6, 6.07) is 0. The fourth-order valence-electron chi connectivity index (χ4n) is 0.700. The first kappa shape index (κ1) is 18.7. The number of carbonyl (C=O) groups excluding carboxylic acids is 1. The first-order valence-corrected chi connectivity index (χ1v) is 11.9. The third kappa shape index (κ3) is 15.7. The molecule has 0 saturated carbocycles. The predicted octanol–water partition coefficient (Wildman–Crippen LogP) is 3.71. The Morgan fingerprint density at radius 1 is 1.00 bits per heavy atom. The van der Waals surface area contributed by atoms with E-state index in [1.807, 2.05) is 35.3 Å². The van der Waals surface area contributed by atoms with E-state index in [1.54, 1.807) is 11.8 Å². The molecular formula is C9H18O2S6. The third-order valence-electron chi connectivity index (χ3n) is 1.38. The van der Waals surface area contributed by atoms with Gasteiger partial charge in [-0.05, 0) is 6.26 Å². The maximum Gasteiger partial charge on any atom is 0.190 e. The number of rotatable bonds is 12. The number of hydrogen-bond acceptors (Lipinski definition) is 8. The van der Waals surface area contributed by atoms with E-state index in [0.717, 1.165) is 26.1 Å². The standard InChI is InChI=1S/C9H18O2S6/c1-12-5-15-6-13-3-2-9(11)17-8-16-7-14-4-10/h10H,2-8H2,1H3. The van der Waals surface area contributed by atoms with Crippen molar-refractivity contribution in [1.82, 2.24) is 0 Å². The Labute approximate surface area is 129 Å². The van der Waals surface area contributed by atoms with E-state index in [4.69, 9.17) is 5.11 Å². The van der Waals surface area contributed by atoms with E-state index in [9.17, 15) is 4.79 Å². The van der Waals surface area contributed by atoms with Gasteiger partial charge in [0.1, 0.15) is 0 Å². The molecule has 8 heteroatoms. The molecule has 0 aliphatic heterocycles. The highest BCUT2D eigenvalue weighted by Crippen LogP contribution is 2.21. The lowest BCUT2D eigenvalue weighted by molar-refractivity contribution is -0.110. The molecule has 17 heavy (non-hydrogen) atoms. The Morgan fingerprint density at radius 2 is 1.71 bits per heavy atom. The van der Waals surface area contributed by atoms with Crippen LogP contribution >= 0.6 is 70.6 Å². The lowest BCUT2D eigenvalue weighted by Crippen LogP contribution is -1.94. The summed E-state index contributed by atoms with van der Waals surface area (Å²) in [7, 11) is 0. The molecule has 0 bridgehead atoms. The van der Waals surface area contributed by atoms with Gasteiger partial charge in [0, 0.05) is 32.5 Å². The molecular weight excluding hydrogens is 332 g/mol. The minimum absolute atomic E-state index is 0.163. The highest BCUT2D eigenvalue weighted by atomic mass is 32.2. The summed E-state index contributed by atoms with van der Waals surface area (Å²) in [6.07, 6.45) is 2.77. The van der Waals surface area contributed by atoms with E-state index in [1.165, 1.54) is 23.5 Å². The van der Waals surface area contributed by atoms with Crippen LogP contribution in [0.3, 0.4) is 0 Å². The molecule has 0 aliphatic rings. The molecule has 1 N–H and O–H groups in total. The smallest absolute Gasteiger partial charge is 0.190 e. The molecule has 0 spiro atoms. The Bertz CT molecular complexity index is 181. The first-order chi connectivity index (χ1) is 8.31. The fraction of sp³-hybridized carbons (Fsp3) is 0.889. The monoisotopic (exact) mass is 350 g/mol. The van der Waals surface area contributed by atoms with Crippen molar-refractivity contribution in [2.45, 2.75) is 6.42 Å².